The molecule has 6 heteroatoms. The summed E-state index contributed by atoms with van der Waals surface area (Å²) < 4.78 is 0. The van der Waals surface area contributed by atoms with Gasteiger partial charge in [-0.3, -0.25) is 15.1 Å². The molecule has 1 amide bonds. The monoisotopic (exact) mass is 352 g/mol. The van der Waals surface area contributed by atoms with Gasteiger partial charge < -0.3 is 4.90 Å². The molecule has 3 heterocycles. The summed E-state index contributed by atoms with van der Waals surface area (Å²) in [5.74, 6) is -0.124. The Kier molecular flexibility index (Phi) is 4.01. The second kappa shape index (κ2) is 6.20. The van der Waals surface area contributed by atoms with Crippen LogP contribution in [0.3, 0.4) is 0 Å². The van der Waals surface area contributed by atoms with Gasteiger partial charge in [0, 0.05) is 35.5 Å². The number of hydrogen-bond donors (Lipinski definition) is 1. The number of pyridine rings is 1. The normalized spacial score (nSPS) is 14.5. The van der Waals surface area contributed by atoms with Crippen LogP contribution in [0.5, 0.6) is 0 Å². The van der Waals surface area contributed by atoms with Crippen LogP contribution < -0.4 is 5.32 Å². The van der Waals surface area contributed by atoms with Crippen molar-refractivity contribution in [3.05, 3.63) is 51.7 Å². The number of hydrogen-bond acceptors (Lipinski definition) is 5. The van der Waals surface area contributed by atoms with Gasteiger partial charge in [0.05, 0.1) is 16.8 Å². The van der Waals surface area contributed by atoms with Gasteiger partial charge >= 0.3 is 0 Å². The molecule has 1 N–H and O–H groups in total. The summed E-state index contributed by atoms with van der Waals surface area (Å²) in [6.45, 7) is 5.85. The molecule has 1 aliphatic rings. The third kappa shape index (κ3) is 3.03. The molecule has 0 aliphatic carbocycles. The highest BCUT2D eigenvalue weighted by Crippen LogP contribution is 2.29. The minimum atomic E-state index is -0.124. The SMILES string of the molecule is Cc1cc(C(=O)Nc2nc3c(s2)CN(C)CC3)c2cccc(C)c2n1. The van der Waals surface area contributed by atoms with Crippen molar-refractivity contribution in [2.24, 2.45) is 0 Å². The van der Waals surface area contributed by atoms with E-state index in [2.05, 4.69) is 27.2 Å². The minimum Gasteiger partial charge on any atom is -0.301 e. The van der Waals surface area contributed by atoms with Crippen molar-refractivity contribution in [2.45, 2.75) is 26.8 Å². The first-order valence-electron chi connectivity index (χ1n) is 8.36. The van der Waals surface area contributed by atoms with Gasteiger partial charge in [-0.25, -0.2) is 4.98 Å². The van der Waals surface area contributed by atoms with Crippen LogP contribution in [0, 0.1) is 13.8 Å². The van der Waals surface area contributed by atoms with Crippen LogP contribution in [0.2, 0.25) is 0 Å². The molecule has 0 bridgehead atoms. The Labute approximate surface area is 150 Å². The van der Waals surface area contributed by atoms with Gasteiger partial charge in [-0.1, -0.05) is 18.2 Å². The number of carbonyl (C=O) groups is 1. The lowest BCUT2D eigenvalue weighted by Gasteiger charge is -2.20. The summed E-state index contributed by atoms with van der Waals surface area (Å²) in [4.78, 5) is 25.6. The molecule has 0 saturated heterocycles. The fraction of sp³-hybridized carbons (Fsp3) is 0.316. The first kappa shape index (κ1) is 16.2. The number of likely N-dealkylation sites (N-methyl/N-ethyl adjacent to an activating group) is 1. The van der Waals surface area contributed by atoms with Crippen LogP contribution in [0.15, 0.2) is 24.3 Å². The quantitative estimate of drug-likeness (QED) is 0.766. The number of aromatic nitrogens is 2. The molecular weight excluding hydrogens is 332 g/mol. The number of benzene rings is 1. The van der Waals surface area contributed by atoms with Crippen molar-refractivity contribution in [1.29, 1.82) is 0 Å². The lowest BCUT2D eigenvalue weighted by Crippen LogP contribution is -2.25. The number of thiazole rings is 1. The molecule has 0 atom stereocenters. The van der Waals surface area contributed by atoms with Crippen molar-refractivity contribution < 1.29 is 4.79 Å². The van der Waals surface area contributed by atoms with Crippen LogP contribution in [-0.4, -0.2) is 34.4 Å². The van der Waals surface area contributed by atoms with Crippen LogP contribution in [0.1, 0.15) is 32.2 Å². The first-order chi connectivity index (χ1) is 12.0. The Bertz CT molecular complexity index is 979. The number of para-hydroxylation sites is 1. The fourth-order valence-electron chi connectivity index (χ4n) is 3.25. The number of anilines is 1. The highest BCUT2D eigenvalue weighted by atomic mass is 32.1. The number of fused-ring (bicyclic) bond motifs is 2. The van der Waals surface area contributed by atoms with Crippen molar-refractivity contribution >= 4 is 33.3 Å². The average Bonchev–Trinajstić information content (AvgIpc) is 2.96. The molecule has 0 unspecified atom stereocenters. The van der Waals surface area contributed by atoms with E-state index in [4.69, 9.17) is 0 Å². The van der Waals surface area contributed by atoms with Gasteiger partial charge in [0.25, 0.3) is 5.91 Å². The summed E-state index contributed by atoms with van der Waals surface area (Å²) in [5.41, 5.74) is 4.56. The van der Waals surface area contributed by atoms with E-state index in [0.29, 0.717) is 10.7 Å². The third-order valence-electron chi connectivity index (χ3n) is 4.56. The highest BCUT2D eigenvalue weighted by Gasteiger charge is 2.20. The molecule has 1 aliphatic heterocycles. The van der Waals surface area contributed by atoms with Gasteiger partial charge in [-0.15, -0.1) is 11.3 Å². The van der Waals surface area contributed by atoms with Crippen molar-refractivity contribution in [3.8, 4) is 0 Å². The lowest BCUT2D eigenvalue weighted by atomic mass is 10.0. The Balaban J connectivity index is 1.68. The minimum absolute atomic E-state index is 0.124. The Morgan fingerprint density at radius 1 is 1.28 bits per heavy atom. The molecule has 3 aromatic rings. The molecule has 128 valence electrons. The molecule has 5 nitrogen and oxygen atoms in total. The van der Waals surface area contributed by atoms with Gasteiger partial charge in [-0.05, 0) is 32.5 Å². The number of nitrogens with zero attached hydrogens (tertiary/aromatic N) is 3. The van der Waals surface area contributed by atoms with Crippen LogP contribution in [0.4, 0.5) is 5.13 Å². The molecule has 0 spiro atoms. The molecule has 4 rings (SSSR count). The first-order valence-corrected chi connectivity index (χ1v) is 9.18. The maximum absolute atomic E-state index is 12.9. The van der Waals surface area contributed by atoms with Crippen LogP contribution in [-0.2, 0) is 13.0 Å². The van der Waals surface area contributed by atoms with E-state index >= 15 is 0 Å². The van der Waals surface area contributed by atoms with E-state index in [1.807, 2.05) is 38.1 Å². The Hall–Kier alpha value is -2.31. The Morgan fingerprint density at radius 3 is 2.96 bits per heavy atom. The molecule has 0 fully saturated rings. The molecule has 0 saturated carbocycles. The second-order valence-corrected chi connectivity index (χ2v) is 7.70. The van der Waals surface area contributed by atoms with Gasteiger partial charge in [-0.2, -0.15) is 0 Å². The maximum atomic E-state index is 12.9. The molecule has 0 radical (unpaired) electrons. The predicted octanol–water partition coefficient (Wildman–Crippen LogP) is 3.55. The number of aryl methyl sites for hydroxylation is 2. The molecule has 1 aromatic carbocycles. The van der Waals surface area contributed by atoms with Gasteiger partial charge in [0.2, 0.25) is 0 Å². The lowest BCUT2D eigenvalue weighted by molar-refractivity contribution is 0.102. The number of nitrogens with one attached hydrogen (secondary N) is 1. The second-order valence-electron chi connectivity index (χ2n) is 6.61. The fourth-order valence-corrected chi connectivity index (χ4v) is 4.33. The summed E-state index contributed by atoms with van der Waals surface area (Å²) in [6.07, 6.45) is 0.939. The van der Waals surface area contributed by atoms with Gasteiger partial charge in [0.1, 0.15) is 0 Å². The van der Waals surface area contributed by atoms with Crippen molar-refractivity contribution in [3.63, 3.8) is 0 Å². The average molecular weight is 352 g/mol. The topological polar surface area (TPSA) is 58.1 Å². The van der Waals surface area contributed by atoms with Gasteiger partial charge in [0.15, 0.2) is 5.13 Å². The standard InChI is InChI=1S/C19H20N4OS/c1-11-5-4-6-13-14(9-12(2)20-17(11)13)18(24)22-19-21-15-7-8-23(3)10-16(15)25-19/h4-6,9H,7-8,10H2,1-3H3,(H,21,22,24). The summed E-state index contributed by atoms with van der Waals surface area (Å²) in [5, 5.41) is 4.55. The van der Waals surface area contributed by atoms with Crippen molar-refractivity contribution in [1.82, 2.24) is 14.9 Å². The van der Waals surface area contributed by atoms with E-state index in [9.17, 15) is 4.79 Å². The van der Waals surface area contributed by atoms with E-state index < -0.39 is 0 Å². The number of rotatable bonds is 2. The zero-order chi connectivity index (χ0) is 17.6. The number of carbonyl (C=O) groups excluding carboxylic acids is 1. The zero-order valence-electron chi connectivity index (χ0n) is 14.6. The van der Waals surface area contributed by atoms with E-state index in [1.54, 1.807) is 11.3 Å². The molecule has 25 heavy (non-hydrogen) atoms. The highest BCUT2D eigenvalue weighted by molar-refractivity contribution is 7.15. The molecular formula is C19H20N4OS. The van der Waals surface area contributed by atoms with Crippen LogP contribution in [0.25, 0.3) is 10.9 Å². The van der Waals surface area contributed by atoms with E-state index in [0.717, 1.165) is 47.4 Å². The van der Waals surface area contributed by atoms with E-state index in [-0.39, 0.29) is 5.91 Å². The Morgan fingerprint density at radius 2 is 2.12 bits per heavy atom. The number of amides is 1. The summed E-state index contributed by atoms with van der Waals surface area (Å²) in [6, 6.07) is 7.77. The smallest absolute Gasteiger partial charge is 0.258 e. The van der Waals surface area contributed by atoms with Crippen LogP contribution >= 0.6 is 11.3 Å². The van der Waals surface area contributed by atoms with Crippen molar-refractivity contribution in [2.75, 3.05) is 18.9 Å². The maximum Gasteiger partial charge on any atom is 0.258 e. The summed E-state index contributed by atoms with van der Waals surface area (Å²) >= 11 is 1.57. The largest absolute Gasteiger partial charge is 0.301 e. The summed E-state index contributed by atoms with van der Waals surface area (Å²) in [7, 11) is 2.11. The van der Waals surface area contributed by atoms with E-state index in [1.165, 1.54) is 4.88 Å². The zero-order valence-corrected chi connectivity index (χ0v) is 15.4. The predicted molar refractivity (Wildman–Crippen MR) is 101 cm³/mol. The third-order valence-corrected chi connectivity index (χ3v) is 5.55. The molecule has 2 aromatic heterocycles.